The topological polar surface area (TPSA) is 8.81 Å². The molecule has 2 aromatic heterocycles. The van der Waals surface area contributed by atoms with Crippen molar-refractivity contribution in [2.45, 2.75) is 20.8 Å². The third kappa shape index (κ3) is 4.24. The number of hydrogen-bond acceptors (Lipinski definition) is 0. The molecule has 5 aromatic carbocycles. The van der Waals surface area contributed by atoms with Gasteiger partial charge in [-0.1, -0.05) is 84.4 Å². The van der Waals surface area contributed by atoms with Crippen molar-refractivity contribution in [2.75, 3.05) is 0 Å². The van der Waals surface area contributed by atoms with Crippen molar-refractivity contribution < 1.29 is 4.57 Å². The molecule has 0 aliphatic rings. The fourth-order valence-corrected chi connectivity index (χ4v) is 6.33. The number of pyridine rings is 1. The van der Waals surface area contributed by atoms with Crippen molar-refractivity contribution in [3.05, 3.63) is 144 Å². The van der Waals surface area contributed by atoms with Gasteiger partial charge in [0.15, 0.2) is 0 Å². The van der Waals surface area contributed by atoms with E-state index in [0.717, 1.165) is 5.69 Å². The highest BCUT2D eigenvalue weighted by Gasteiger charge is 2.24. The Balaban J connectivity index is 1.42. The number of para-hydroxylation sites is 1. The molecular formula is C39H33N2+. The van der Waals surface area contributed by atoms with Gasteiger partial charge in [-0.2, -0.15) is 4.57 Å². The van der Waals surface area contributed by atoms with Crippen LogP contribution < -0.4 is 4.57 Å². The first-order valence-electron chi connectivity index (χ1n) is 14.3. The number of nitrogens with zero attached hydrogens (tertiary/aromatic N) is 2. The first kappa shape index (κ1) is 25.0. The molecule has 41 heavy (non-hydrogen) atoms. The first-order chi connectivity index (χ1) is 20.0. The summed E-state index contributed by atoms with van der Waals surface area (Å²) >= 11 is 0. The van der Waals surface area contributed by atoms with E-state index in [1.54, 1.807) is 0 Å². The van der Waals surface area contributed by atoms with Gasteiger partial charge in [-0.25, -0.2) is 0 Å². The van der Waals surface area contributed by atoms with Gasteiger partial charge in [0.25, 0.3) is 0 Å². The Morgan fingerprint density at radius 1 is 0.537 bits per heavy atom. The smallest absolute Gasteiger partial charge is 0.239 e. The average Bonchev–Trinajstić information content (AvgIpc) is 3.35. The molecule has 2 heterocycles. The van der Waals surface area contributed by atoms with Crippen LogP contribution >= 0.6 is 0 Å². The predicted octanol–water partition coefficient (Wildman–Crippen LogP) is 9.53. The molecule has 0 atom stereocenters. The number of aryl methyl sites for hydroxylation is 3. The van der Waals surface area contributed by atoms with Crippen LogP contribution in [-0.2, 0) is 7.05 Å². The molecule has 0 aliphatic carbocycles. The zero-order valence-corrected chi connectivity index (χ0v) is 24.0. The van der Waals surface area contributed by atoms with Crippen molar-refractivity contribution in [1.29, 1.82) is 0 Å². The van der Waals surface area contributed by atoms with Gasteiger partial charge < -0.3 is 4.57 Å². The summed E-state index contributed by atoms with van der Waals surface area (Å²) in [6.45, 7) is 6.62. The standard InChI is InChI=1S/C39H33N2/c1-26-22-27(2)28(3)35(23-26)36-20-21-38-39(40(36)4)34-18-8-9-19-37(34)41(38)33-17-11-16-32(25-33)31-15-10-14-30(24-31)29-12-6-5-7-13-29/h5-25H,1-4H3/q+1. The fraction of sp³-hybridized carbons (Fsp3) is 0.103. The summed E-state index contributed by atoms with van der Waals surface area (Å²) in [7, 11) is 2.21. The molecule has 0 radical (unpaired) electrons. The monoisotopic (exact) mass is 529 g/mol. The lowest BCUT2D eigenvalue weighted by atomic mass is 9.97. The van der Waals surface area contributed by atoms with Gasteiger partial charge in [0.1, 0.15) is 12.6 Å². The van der Waals surface area contributed by atoms with Crippen molar-refractivity contribution in [1.82, 2.24) is 4.57 Å². The van der Waals surface area contributed by atoms with E-state index in [9.17, 15) is 0 Å². The summed E-state index contributed by atoms with van der Waals surface area (Å²) in [6.07, 6.45) is 0. The third-order valence-electron chi connectivity index (χ3n) is 8.47. The zero-order valence-electron chi connectivity index (χ0n) is 24.0. The van der Waals surface area contributed by atoms with Gasteiger partial charge in [-0.05, 0) is 96.6 Å². The second-order valence-corrected chi connectivity index (χ2v) is 11.1. The molecule has 7 aromatic rings. The predicted molar refractivity (Wildman–Crippen MR) is 172 cm³/mol. The SMILES string of the molecule is Cc1cc(C)c(C)c(-c2ccc3c(c4ccccc4n3-c3cccc(-c4cccc(-c5ccccc5)c4)c3)[n+]2C)c1. The number of fused-ring (bicyclic) bond motifs is 3. The van der Waals surface area contributed by atoms with Crippen molar-refractivity contribution in [3.63, 3.8) is 0 Å². The van der Waals surface area contributed by atoms with Gasteiger partial charge in [0.2, 0.25) is 11.2 Å². The lowest BCUT2D eigenvalue weighted by Gasteiger charge is -2.12. The molecule has 0 N–H and O–H groups in total. The molecule has 2 heteroatoms. The number of aromatic nitrogens is 2. The molecule has 0 aliphatic heterocycles. The minimum absolute atomic E-state index is 1.16. The van der Waals surface area contributed by atoms with Gasteiger partial charge >= 0.3 is 0 Å². The van der Waals surface area contributed by atoms with E-state index in [-0.39, 0.29) is 0 Å². The summed E-state index contributed by atoms with van der Waals surface area (Å²) in [4.78, 5) is 0. The van der Waals surface area contributed by atoms with Crippen molar-refractivity contribution >= 4 is 21.9 Å². The second kappa shape index (κ2) is 9.91. The summed E-state index contributed by atoms with van der Waals surface area (Å²) in [5, 5.41) is 1.25. The summed E-state index contributed by atoms with van der Waals surface area (Å²) in [5.41, 5.74) is 16.2. The van der Waals surface area contributed by atoms with Crippen LogP contribution in [0.5, 0.6) is 0 Å². The maximum Gasteiger partial charge on any atom is 0.239 e. The Bertz CT molecular complexity index is 2080. The van der Waals surface area contributed by atoms with Crippen molar-refractivity contribution in [3.8, 4) is 39.2 Å². The normalized spacial score (nSPS) is 11.4. The molecule has 0 fully saturated rings. The molecule has 0 unspecified atom stereocenters. The summed E-state index contributed by atoms with van der Waals surface area (Å²) in [6, 6.07) is 46.3. The molecule has 0 spiro atoms. The molecule has 2 nitrogen and oxygen atoms in total. The maximum absolute atomic E-state index is 2.41. The Morgan fingerprint density at radius 2 is 1.20 bits per heavy atom. The quantitative estimate of drug-likeness (QED) is 0.201. The van der Waals surface area contributed by atoms with E-state index in [0.29, 0.717) is 0 Å². The van der Waals surface area contributed by atoms with Crippen LogP contribution in [0.15, 0.2) is 127 Å². The van der Waals surface area contributed by atoms with E-state index in [2.05, 4.69) is 164 Å². The minimum atomic E-state index is 1.16. The highest BCUT2D eigenvalue weighted by Crippen LogP contribution is 2.34. The molecular weight excluding hydrogens is 496 g/mol. The van der Waals surface area contributed by atoms with Crippen LogP contribution in [0.1, 0.15) is 16.7 Å². The summed E-state index contributed by atoms with van der Waals surface area (Å²) < 4.78 is 4.79. The van der Waals surface area contributed by atoms with E-state index < -0.39 is 0 Å². The highest BCUT2D eigenvalue weighted by atomic mass is 15.0. The number of rotatable bonds is 4. The van der Waals surface area contributed by atoms with Gasteiger partial charge in [-0.15, -0.1) is 0 Å². The zero-order chi connectivity index (χ0) is 28.1. The first-order valence-corrected chi connectivity index (χ1v) is 14.3. The van der Waals surface area contributed by atoms with Crippen LogP contribution in [0.2, 0.25) is 0 Å². The summed E-state index contributed by atoms with van der Waals surface area (Å²) in [5.74, 6) is 0. The molecule has 0 saturated heterocycles. The largest absolute Gasteiger partial charge is 0.304 e. The lowest BCUT2D eigenvalue weighted by molar-refractivity contribution is -0.632. The van der Waals surface area contributed by atoms with E-state index >= 15 is 0 Å². The van der Waals surface area contributed by atoms with Gasteiger partial charge in [0.05, 0.1) is 10.9 Å². The Hall–Kier alpha value is -4.95. The fourth-order valence-electron chi connectivity index (χ4n) is 6.33. The van der Waals surface area contributed by atoms with Gasteiger partial charge in [0, 0.05) is 17.3 Å². The Morgan fingerprint density at radius 3 is 2.00 bits per heavy atom. The number of hydrogen-bond donors (Lipinski definition) is 0. The second-order valence-electron chi connectivity index (χ2n) is 11.1. The average molecular weight is 530 g/mol. The van der Waals surface area contributed by atoms with E-state index in [1.165, 1.54) is 72.1 Å². The van der Waals surface area contributed by atoms with Crippen LogP contribution in [-0.4, -0.2) is 4.57 Å². The minimum Gasteiger partial charge on any atom is -0.304 e. The number of benzene rings is 5. The molecule has 198 valence electrons. The van der Waals surface area contributed by atoms with Gasteiger partial charge in [-0.3, -0.25) is 0 Å². The van der Waals surface area contributed by atoms with Crippen LogP contribution in [0, 0.1) is 20.8 Å². The molecule has 0 amide bonds. The third-order valence-corrected chi connectivity index (χ3v) is 8.47. The molecule has 0 bridgehead atoms. The lowest BCUT2D eigenvalue weighted by Crippen LogP contribution is -2.32. The van der Waals surface area contributed by atoms with E-state index in [1.807, 2.05) is 0 Å². The maximum atomic E-state index is 2.41. The van der Waals surface area contributed by atoms with E-state index in [4.69, 9.17) is 0 Å². The van der Waals surface area contributed by atoms with Crippen LogP contribution in [0.4, 0.5) is 0 Å². The van der Waals surface area contributed by atoms with Crippen LogP contribution in [0.3, 0.4) is 0 Å². The molecule has 0 saturated carbocycles. The highest BCUT2D eigenvalue weighted by molar-refractivity contribution is 6.05. The molecule has 7 rings (SSSR count). The Kier molecular flexibility index (Phi) is 6.05. The van der Waals surface area contributed by atoms with Crippen molar-refractivity contribution in [2.24, 2.45) is 7.05 Å². The Labute approximate surface area is 241 Å². The van der Waals surface area contributed by atoms with Crippen LogP contribution in [0.25, 0.3) is 61.1 Å².